The Morgan fingerprint density at radius 1 is 1.08 bits per heavy atom. The topological polar surface area (TPSA) is 117 Å². The number of anilines is 1. The number of aromatic nitrogens is 2. The van der Waals surface area contributed by atoms with Crippen LogP contribution in [0.3, 0.4) is 0 Å². The summed E-state index contributed by atoms with van der Waals surface area (Å²) in [7, 11) is 0. The number of hydrogen-bond donors (Lipinski definition) is 3. The first kappa shape index (κ1) is 27.0. The fourth-order valence-corrected chi connectivity index (χ4v) is 3.75. The van der Waals surface area contributed by atoms with Gasteiger partial charge in [0.05, 0.1) is 12.8 Å². The summed E-state index contributed by atoms with van der Waals surface area (Å²) in [4.78, 5) is 30.6. The SMILES string of the molecule is O=C(NCc1ccco1)c1nc2c(c(NCCc3ccccc3Cl)n1)CCCC2.O=C(O)C(F)(F)F. The van der Waals surface area contributed by atoms with Crippen molar-refractivity contribution < 1.29 is 32.3 Å². The van der Waals surface area contributed by atoms with E-state index in [0.717, 1.165) is 59.8 Å². The maximum absolute atomic E-state index is 12.6. The number of halogens is 4. The Morgan fingerprint density at radius 2 is 1.81 bits per heavy atom. The van der Waals surface area contributed by atoms with E-state index in [4.69, 9.17) is 25.9 Å². The van der Waals surface area contributed by atoms with E-state index in [-0.39, 0.29) is 11.7 Å². The fraction of sp³-hybridized carbons (Fsp3) is 0.333. The lowest BCUT2D eigenvalue weighted by molar-refractivity contribution is -0.192. The summed E-state index contributed by atoms with van der Waals surface area (Å²) in [5, 5.41) is 14.1. The van der Waals surface area contributed by atoms with Gasteiger partial charge in [0.2, 0.25) is 5.82 Å². The second-order valence-electron chi connectivity index (χ2n) is 7.86. The van der Waals surface area contributed by atoms with E-state index in [2.05, 4.69) is 20.6 Å². The zero-order chi connectivity index (χ0) is 26.1. The Kier molecular flexibility index (Phi) is 9.29. The summed E-state index contributed by atoms with van der Waals surface area (Å²) >= 11 is 6.25. The maximum Gasteiger partial charge on any atom is 0.490 e. The molecule has 0 bridgehead atoms. The Labute approximate surface area is 209 Å². The first-order chi connectivity index (χ1) is 17.1. The molecule has 0 radical (unpaired) electrons. The van der Waals surface area contributed by atoms with Crippen molar-refractivity contribution >= 4 is 29.3 Å². The number of furan rings is 1. The van der Waals surface area contributed by atoms with Crippen LogP contribution in [0.5, 0.6) is 0 Å². The highest BCUT2D eigenvalue weighted by Gasteiger charge is 2.38. The van der Waals surface area contributed by atoms with Gasteiger partial charge in [-0.2, -0.15) is 13.2 Å². The van der Waals surface area contributed by atoms with Gasteiger partial charge >= 0.3 is 12.1 Å². The number of aryl methyl sites for hydroxylation is 1. The van der Waals surface area contributed by atoms with E-state index in [1.54, 1.807) is 12.3 Å². The summed E-state index contributed by atoms with van der Waals surface area (Å²) in [5.41, 5.74) is 3.17. The molecule has 1 aliphatic carbocycles. The maximum atomic E-state index is 12.6. The molecule has 12 heteroatoms. The minimum Gasteiger partial charge on any atom is -0.475 e. The number of rotatable bonds is 7. The summed E-state index contributed by atoms with van der Waals surface area (Å²) in [6, 6.07) is 11.4. The number of amides is 1. The van der Waals surface area contributed by atoms with Crippen molar-refractivity contribution in [2.24, 2.45) is 0 Å². The molecular weight excluding hydrogens is 501 g/mol. The predicted octanol–water partition coefficient (Wildman–Crippen LogP) is 4.82. The molecule has 2 aromatic heterocycles. The van der Waals surface area contributed by atoms with Crippen LogP contribution in [-0.4, -0.2) is 39.7 Å². The van der Waals surface area contributed by atoms with Crippen LogP contribution in [0.1, 0.15) is 46.0 Å². The summed E-state index contributed by atoms with van der Waals surface area (Å²) < 4.78 is 37.0. The lowest BCUT2D eigenvalue weighted by Gasteiger charge is -2.19. The smallest absolute Gasteiger partial charge is 0.475 e. The van der Waals surface area contributed by atoms with Gasteiger partial charge in [-0.15, -0.1) is 0 Å². The molecule has 4 rings (SSSR count). The number of carbonyl (C=O) groups excluding carboxylic acids is 1. The average molecular weight is 525 g/mol. The van der Waals surface area contributed by atoms with Crippen molar-refractivity contribution in [3.05, 3.63) is 76.1 Å². The van der Waals surface area contributed by atoms with Crippen molar-refractivity contribution in [1.29, 1.82) is 0 Å². The molecule has 0 unspecified atom stereocenters. The van der Waals surface area contributed by atoms with Crippen LogP contribution in [0.15, 0.2) is 47.1 Å². The molecule has 0 fully saturated rings. The molecule has 2 heterocycles. The number of nitrogens with one attached hydrogen (secondary N) is 2. The number of aliphatic carboxylic acids is 1. The molecule has 3 aromatic rings. The van der Waals surface area contributed by atoms with Gasteiger partial charge in [0.15, 0.2) is 0 Å². The van der Waals surface area contributed by atoms with Crippen LogP contribution in [0, 0.1) is 0 Å². The largest absolute Gasteiger partial charge is 0.490 e. The number of fused-ring (bicyclic) bond motifs is 1. The number of carboxylic acid groups (broad SMARTS) is 1. The summed E-state index contributed by atoms with van der Waals surface area (Å²) in [5.74, 6) is -1.42. The van der Waals surface area contributed by atoms with Gasteiger partial charge in [-0.05, 0) is 55.9 Å². The van der Waals surface area contributed by atoms with Gasteiger partial charge in [-0.25, -0.2) is 14.8 Å². The predicted molar refractivity (Wildman–Crippen MR) is 126 cm³/mol. The van der Waals surface area contributed by atoms with Crippen molar-refractivity contribution in [1.82, 2.24) is 15.3 Å². The minimum absolute atomic E-state index is 0.192. The highest BCUT2D eigenvalue weighted by atomic mass is 35.5. The van der Waals surface area contributed by atoms with Crippen LogP contribution in [-0.2, 0) is 30.6 Å². The van der Waals surface area contributed by atoms with Crippen LogP contribution in [0.4, 0.5) is 19.0 Å². The molecule has 0 saturated heterocycles. The lowest BCUT2D eigenvalue weighted by atomic mass is 9.96. The second kappa shape index (κ2) is 12.4. The number of benzene rings is 1. The molecular formula is C24H24ClF3N4O4. The van der Waals surface area contributed by atoms with E-state index in [1.165, 1.54) is 0 Å². The zero-order valence-corrected chi connectivity index (χ0v) is 19.8. The summed E-state index contributed by atoms with van der Waals surface area (Å²) in [6.07, 6.45) is 1.26. The Hall–Kier alpha value is -3.60. The highest BCUT2D eigenvalue weighted by molar-refractivity contribution is 6.31. The normalized spacial score (nSPS) is 12.7. The Morgan fingerprint density at radius 3 is 2.47 bits per heavy atom. The molecule has 3 N–H and O–H groups in total. The molecule has 1 amide bonds. The van der Waals surface area contributed by atoms with Crippen LogP contribution in [0.25, 0.3) is 0 Å². The monoisotopic (exact) mass is 524 g/mol. The lowest BCUT2D eigenvalue weighted by Crippen LogP contribution is -2.27. The van der Waals surface area contributed by atoms with Crippen molar-refractivity contribution in [2.45, 2.75) is 44.8 Å². The van der Waals surface area contributed by atoms with Gasteiger partial charge in [-0.1, -0.05) is 29.8 Å². The molecule has 0 aliphatic heterocycles. The van der Waals surface area contributed by atoms with Gasteiger partial charge in [0.1, 0.15) is 11.6 Å². The molecule has 0 spiro atoms. The van der Waals surface area contributed by atoms with Gasteiger partial charge < -0.3 is 20.2 Å². The Bertz CT molecular complexity index is 1190. The Balaban J connectivity index is 0.000000454. The van der Waals surface area contributed by atoms with Crippen molar-refractivity contribution in [2.75, 3.05) is 11.9 Å². The molecule has 1 aromatic carbocycles. The first-order valence-corrected chi connectivity index (χ1v) is 11.5. The van der Waals surface area contributed by atoms with E-state index in [1.807, 2.05) is 30.3 Å². The molecule has 36 heavy (non-hydrogen) atoms. The number of alkyl halides is 3. The van der Waals surface area contributed by atoms with Gasteiger partial charge in [-0.3, -0.25) is 4.79 Å². The quantitative estimate of drug-likeness (QED) is 0.405. The third-order valence-corrected chi connectivity index (χ3v) is 5.65. The van der Waals surface area contributed by atoms with Gasteiger partial charge in [0.25, 0.3) is 5.91 Å². The molecule has 0 atom stereocenters. The minimum atomic E-state index is -5.08. The molecule has 0 saturated carbocycles. The molecule has 192 valence electrons. The van der Waals surface area contributed by atoms with Crippen LogP contribution >= 0.6 is 11.6 Å². The number of hydrogen-bond acceptors (Lipinski definition) is 6. The summed E-state index contributed by atoms with van der Waals surface area (Å²) in [6.45, 7) is 0.988. The second-order valence-corrected chi connectivity index (χ2v) is 8.27. The standard InChI is InChI=1S/C22H23ClN4O2.C2HF3O2/c23-18-9-3-1-6-15(18)11-12-24-20-17-8-2-4-10-19(17)26-21(27-20)22(28)25-14-16-7-5-13-29-16;3-2(4,5)1(6)7/h1,3,5-7,9,13H,2,4,8,10-12,14H2,(H,25,28)(H,24,26,27);(H,6,7). The zero-order valence-electron chi connectivity index (χ0n) is 19.1. The van der Waals surface area contributed by atoms with E-state index < -0.39 is 12.1 Å². The first-order valence-electron chi connectivity index (χ1n) is 11.1. The highest BCUT2D eigenvalue weighted by Crippen LogP contribution is 2.26. The number of carbonyl (C=O) groups is 2. The van der Waals surface area contributed by atoms with E-state index >= 15 is 0 Å². The molecule has 1 aliphatic rings. The third-order valence-electron chi connectivity index (χ3n) is 5.28. The average Bonchev–Trinajstić information content (AvgIpc) is 3.37. The fourth-order valence-electron chi connectivity index (χ4n) is 3.52. The van der Waals surface area contributed by atoms with Crippen LogP contribution in [0.2, 0.25) is 5.02 Å². The van der Waals surface area contributed by atoms with Crippen LogP contribution < -0.4 is 10.6 Å². The van der Waals surface area contributed by atoms with E-state index in [0.29, 0.717) is 18.8 Å². The number of carboxylic acids is 1. The third kappa shape index (κ3) is 7.70. The molecule has 8 nitrogen and oxygen atoms in total. The van der Waals surface area contributed by atoms with E-state index in [9.17, 15) is 18.0 Å². The van der Waals surface area contributed by atoms with Crippen molar-refractivity contribution in [3.8, 4) is 0 Å². The van der Waals surface area contributed by atoms with Gasteiger partial charge in [0, 0.05) is 22.8 Å². The number of nitrogens with zero attached hydrogens (tertiary/aromatic N) is 2. The van der Waals surface area contributed by atoms with Crippen molar-refractivity contribution in [3.63, 3.8) is 0 Å².